The van der Waals surface area contributed by atoms with E-state index in [1.807, 2.05) is 13.0 Å². The maximum Gasteiger partial charge on any atom is 0.173 e. The molecule has 1 aromatic heterocycles. The molecule has 0 bridgehead atoms. The van der Waals surface area contributed by atoms with Crippen molar-refractivity contribution < 1.29 is 4.74 Å². The lowest BCUT2D eigenvalue weighted by Crippen LogP contribution is -2.16. The molecule has 1 rings (SSSR count). The number of nitrogens with two attached hydrogens (primary N) is 1. The van der Waals surface area contributed by atoms with Crippen molar-refractivity contribution in [3.05, 3.63) is 17.0 Å². The van der Waals surface area contributed by atoms with Gasteiger partial charge in [0.25, 0.3) is 0 Å². The first-order valence-corrected chi connectivity index (χ1v) is 4.42. The molecule has 62 valence electrons. The average Bonchev–Trinajstić information content (AvgIpc) is 2.34. The van der Waals surface area contributed by atoms with Crippen LogP contribution in [-0.4, -0.2) is 13.2 Å². The van der Waals surface area contributed by atoms with Crippen LogP contribution in [0.4, 0.5) is 0 Å². The summed E-state index contributed by atoms with van der Waals surface area (Å²) in [5.74, 6) is 0. The molecule has 3 heteroatoms. The van der Waals surface area contributed by atoms with Gasteiger partial charge in [-0.3, -0.25) is 0 Å². The summed E-state index contributed by atoms with van der Waals surface area (Å²) in [6.45, 7) is 2.01. The van der Waals surface area contributed by atoms with E-state index in [4.69, 9.17) is 10.5 Å². The first kappa shape index (κ1) is 8.56. The Morgan fingerprint density at radius 2 is 2.36 bits per heavy atom. The average molecular weight is 171 g/mol. The van der Waals surface area contributed by atoms with Gasteiger partial charge in [0.15, 0.2) is 5.06 Å². The molecule has 0 spiro atoms. The van der Waals surface area contributed by atoms with Crippen LogP contribution in [0.15, 0.2) is 12.1 Å². The Morgan fingerprint density at radius 3 is 2.82 bits per heavy atom. The molecule has 1 unspecified atom stereocenters. The molecule has 0 aliphatic heterocycles. The van der Waals surface area contributed by atoms with E-state index >= 15 is 0 Å². The molecule has 2 N–H and O–H groups in total. The van der Waals surface area contributed by atoms with Gasteiger partial charge in [-0.15, -0.1) is 11.3 Å². The molecule has 0 aromatic carbocycles. The molecule has 1 heterocycles. The highest BCUT2D eigenvalue weighted by Gasteiger charge is 2.01. The third-order valence-corrected chi connectivity index (χ3v) is 2.43. The zero-order valence-corrected chi connectivity index (χ0v) is 7.65. The zero-order chi connectivity index (χ0) is 8.27. The standard InChI is InChI=1S/C8H13NOS/c1-6(9)5-7-3-4-8(10-2)11-7/h3-4,6H,5,9H2,1-2H3. The van der Waals surface area contributed by atoms with Crippen molar-refractivity contribution in [2.45, 2.75) is 19.4 Å². The number of rotatable bonds is 3. The molecule has 11 heavy (non-hydrogen) atoms. The van der Waals surface area contributed by atoms with Gasteiger partial charge in [-0.2, -0.15) is 0 Å². The quantitative estimate of drug-likeness (QED) is 0.750. The van der Waals surface area contributed by atoms with E-state index in [9.17, 15) is 0 Å². The molecule has 0 amide bonds. The highest BCUT2D eigenvalue weighted by molar-refractivity contribution is 7.13. The van der Waals surface area contributed by atoms with Crippen molar-refractivity contribution in [2.75, 3.05) is 7.11 Å². The van der Waals surface area contributed by atoms with E-state index in [-0.39, 0.29) is 6.04 Å². The summed E-state index contributed by atoms with van der Waals surface area (Å²) in [5.41, 5.74) is 5.64. The van der Waals surface area contributed by atoms with E-state index in [0.717, 1.165) is 11.5 Å². The van der Waals surface area contributed by atoms with Crippen LogP contribution >= 0.6 is 11.3 Å². The van der Waals surface area contributed by atoms with Gasteiger partial charge in [0.05, 0.1) is 7.11 Å². The summed E-state index contributed by atoms with van der Waals surface area (Å²) in [7, 11) is 1.68. The molecule has 0 aliphatic carbocycles. The van der Waals surface area contributed by atoms with Crippen molar-refractivity contribution in [1.29, 1.82) is 0 Å². The Morgan fingerprint density at radius 1 is 1.64 bits per heavy atom. The van der Waals surface area contributed by atoms with Crippen LogP contribution in [0.1, 0.15) is 11.8 Å². The Hall–Kier alpha value is -0.540. The lowest BCUT2D eigenvalue weighted by atomic mass is 10.2. The second kappa shape index (κ2) is 3.74. The maximum absolute atomic E-state index is 5.64. The van der Waals surface area contributed by atoms with Crippen LogP contribution in [-0.2, 0) is 6.42 Å². The lowest BCUT2D eigenvalue weighted by molar-refractivity contribution is 0.427. The third kappa shape index (κ3) is 2.52. The van der Waals surface area contributed by atoms with Crippen LogP contribution in [0.2, 0.25) is 0 Å². The summed E-state index contributed by atoms with van der Waals surface area (Å²) in [5, 5.41) is 0.959. The fourth-order valence-electron chi connectivity index (χ4n) is 0.895. The van der Waals surface area contributed by atoms with Crippen molar-refractivity contribution >= 4 is 11.3 Å². The highest BCUT2D eigenvalue weighted by atomic mass is 32.1. The summed E-state index contributed by atoms with van der Waals surface area (Å²) in [6, 6.07) is 4.27. The van der Waals surface area contributed by atoms with E-state index < -0.39 is 0 Å². The second-order valence-electron chi connectivity index (χ2n) is 2.61. The van der Waals surface area contributed by atoms with Crippen molar-refractivity contribution in [2.24, 2.45) is 5.73 Å². The fourth-order valence-corrected chi connectivity index (χ4v) is 1.86. The number of methoxy groups -OCH3 is 1. The van der Waals surface area contributed by atoms with Crippen LogP contribution in [0, 0.1) is 0 Å². The number of hydrogen-bond acceptors (Lipinski definition) is 3. The second-order valence-corrected chi connectivity index (χ2v) is 3.74. The fraction of sp³-hybridized carbons (Fsp3) is 0.500. The Balaban J connectivity index is 2.58. The predicted octanol–water partition coefficient (Wildman–Crippen LogP) is 1.65. The number of thiophene rings is 1. The minimum Gasteiger partial charge on any atom is -0.487 e. The Bertz CT molecular complexity index is 220. The van der Waals surface area contributed by atoms with Gasteiger partial charge in [-0.05, 0) is 25.5 Å². The Kier molecular flexibility index (Phi) is 2.91. The van der Waals surface area contributed by atoms with Crippen molar-refractivity contribution in [3.63, 3.8) is 0 Å². The summed E-state index contributed by atoms with van der Waals surface area (Å²) < 4.78 is 5.05. The van der Waals surface area contributed by atoms with Gasteiger partial charge >= 0.3 is 0 Å². The first-order valence-electron chi connectivity index (χ1n) is 3.60. The minimum absolute atomic E-state index is 0.235. The number of hydrogen-bond donors (Lipinski definition) is 1. The van der Waals surface area contributed by atoms with Gasteiger partial charge in [-0.1, -0.05) is 0 Å². The van der Waals surface area contributed by atoms with Gasteiger partial charge < -0.3 is 10.5 Å². The smallest absolute Gasteiger partial charge is 0.173 e. The molecule has 2 nitrogen and oxygen atoms in total. The molecule has 0 radical (unpaired) electrons. The topological polar surface area (TPSA) is 35.2 Å². The molecular formula is C8H13NOS. The minimum atomic E-state index is 0.235. The molecule has 1 atom stereocenters. The Labute approximate surface area is 71.0 Å². The summed E-state index contributed by atoms with van der Waals surface area (Å²) >= 11 is 1.66. The van der Waals surface area contributed by atoms with Crippen molar-refractivity contribution in [1.82, 2.24) is 0 Å². The normalized spacial score (nSPS) is 13.0. The first-order chi connectivity index (χ1) is 5.22. The van der Waals surface area contributed by atoms with Gasteiger partial charge in [0.1, 0.15) is 0 Å². The lowest BCUT2D eigenvalue weighted by Gasteiger charge is -1.99. The van der Waals surface area contributed by atoms with E-state index in [2.05, 4.69) is 6.07 Å². The van der Waals surface area contributed by atoms with E-state index in [0.29, 0.717) is 0 Å². The SMILES string of the molecule is COc1ccc(CC(C)N)s1. The van der Waals surface area contributed by atoms with Gasteiger partial charge in [-0.25, -0.2) is 0 Å². The molecule has 0 saturated heterocycles. The van der Waals surface area contributed by atoms with E-state index in [1.54, 1.807) is 18.4 Å². The van der Waals surface area contributed by atoms with Crippen molar-refractivity contribution in [3.8, 4) is 5.06 Å². The predicted molar refractivity (Wildman–Crippen MR) is 48.2 cm³/mol. The molecule has 0 fully saturated rings. The van der Waals surface area contributed by atoms with Gasteiger partial charge in [0.2, 0.25) is 0 Å². The molecule has 0 saturated carbocycles. The van der Waals surface area contributed by atoms with Crippen LogP contribution < -0.4 is 10.5 Å². The molecule has 0 aliphatic rings. The highest BCUT2D eigenvalue weighted by Crippen LogP contribution is 2.24. The summed E-state index contributed by atoms with van der Waals surface area (Å²) in [4.78, 5) is 1.29. The van der Waals surface area contributed by atoms with E-state index in [1.165, 1.54) is 4.88 Å². The van der Waals surface area contributed by atoms with Gasteiger partial charge in [0, 0.05) is 10.9 Å². The molecular weight excluding hydrogens is 158 g/mol. The number of ether oxygens (including phenoxy) is 1. The monoisotopic (exact) mass is 171 g/mol. The van der Waals surface area contributed by atoms with Crippen LogP contribution in [0.25, 0.3) is 0 Å². The molecule has 1 aromatic rings. The van der Waals surface area contributed by atoms with Crippen LogP contribution in [0.5, 0.6) is 5.06 Å². The summed E-state index contributed by atoms with van der Waals surface area (Å²) in [6.07, 6.45) is 0.939. The van der Waals surface area contributed by atoms with Crippen LogP contribution in [0.3, 0.4) is 0 Å². The maximum atomic E-state index is 5.64. The third-order valence-electron chi connectivity index (χ3n) is 1.36. The largest absolute Gasteiger partial charge is 0.487 e. The zero-order valence-electron chi connectivity index (χ0n) is 6.83.